The third kappa shape index (κ3) is 4.34. The summed E-state index contributed by atoms with van der Waals surface area (Å²) >= 11 is 0. The number of anilines is 1. The molecular weight excluding hydrogens is 274 g/mol. The number of rotatable bonds is 4. The van der Waals surface area contributed by atoms with E-state index in [-0.39, 0.29) is 0 Å². The second-order valence-electron chi connectivity index (χ2n) is 4.38. The molecule has 0 fully saturated rings. The zero-order valence-electron chi connectivity index (χ0n) is 11.6. The number of amides is 2. The molecule has 2 rings (SSSR count). The maximum Gasteiger partial charge on any atom is 0.413 e. The van der Waals surface area contributed by atoms with Crippen LogP contribution in [0.25, 0.3) is 0 Å². The van der Waals surface area contributed by atoms with E-state index in [1.807, 2.05) is 0 Å². The van der Waals surface area contributed by atoms with E-state index in [0.29, 0.717) is 17.3 Å². The maximum absolute atomic E-state index is 11.8. The zero-order valence-corrected chi connectivity index (χ0v) is 11.6. The number of nitrogens with zero attached hydrogens (tertiary/aromatic N) is 1. The molecule has 1 aromatic carbocycles. The van der Waals surface area contributed by atoms with Crippen LogP contribution >= 0.6 is 0 Å². The van der Waals surface area contributed by atoms with Crippen molar-refractivity contribution in [3.8, 4) is 5.75 Å². The Balaban J connectivity index is 1.84. The molecular formula is C14H15N3O4. The highest BCUT2D eigenvalue weighted by Crippen LogP contribution is 2.09. The van der Waals surface area contributed by atoms with Gasteiger partial charge < -0.3 is 19.9 Å². The number of nitrogens with one attached hydrogen (secondary N) is 2. The molecule has 0 aliphatic carbocycles. The summed E-state index contributed by atoms with van der Waals surface area (Å²) in [4.78, 5) is 23.5. The van der Waals surface area contributed by atoms with Gasteiger partial charge in [0.25, 0.3) is 0 Å². The molecule has 2 amide bonds. The van der Waals surface area contributed by atoms with Crippen molar-refractivity contribution in [3.05, 3.63) is 42.2 Å². The fraction of sp³-hybridized carbons (Fsp3) is 0.214. The van der Waals surface area contributed by atoms with Crippen molar-refractivity contribution in [2.24, 2.45) is 0 Å². The fourth-order valence-corrected chi connectivity index (χ4v) is 1.53. The van der Waals surface area contributed by atoms with Crippen molar-refractivity contribution >= 4 is 17.8 Å². The Kier molecular flexibility index (Phi) is 4.55. The Morgan fingerprint density at radius 2 is 2.00 bits per heavy atom. The third-order valence-corrected chi connectivity index (χ3v) is 2.56. The van der Waals surface area contributed by atoms with Gasteiger partial charge in [0.1, 0.15) is 17.6 Å². The summed E-state index contributed by atoms with van der Waals surface area (Å²) in [5.74, 6) is 0.847. The van der Waals surface area contributed by atoms with Gasteiger partial charge >= 0.3 is 6.09 Å². The average Bonchev–Trinajstić information content (AvgIpc) is 2.85. The van der Waals surface area contributed by atoms with Crippen LogP contribution < -0.4 is 15.4 Å². The van der Waals surface area contributed by atoms with E-state index < -0.39 is 18.0 Å². The first-order valence-electron chi connectivity index (χ1n) is 6.32. The molecule has 0 aliphatic rings. The molecule has 7 heteroatoms. The Morgan fingerprint density at radius 3 is 2.62 bits per heavy atom. The van der Waals surface area contributed by atoms with Crippen molar-refractivity contribution in [1.82, 2.24) is 10.5 Å². The quantitative estimate of drug-likeness (QED) is 0.899. The lowest BCUT2D eigenvalue weighted by Gasteiger charge is -2.12. The fourth-order valence-electron chi connectivity index (χ4n) is 1.53. The number of ether oxygens (including phenoxy) is 1. The molecule has 110 valence electrons. The van der Waals surface area contributed by atoms with Crippen LogP contribution in [-0.2, 0) is 4.79 Å². The van der Waals surface area contributed by atoms with E-state index in [4.69, 9.17) is 9.26 Å². The lowest BCUT2D eigenvalue weighted by Crippen LogP contribution is -2.42. The number of para-hydroxylation sites is 1. The van der Waals surface area contributed by atoms with Crippen LogP contribution in [0.1, 0.15) is 12.7 Å². The molecule has 0 unspecified atom stereocenters. The van der Waals surface area contributed by atoms with Crippen molar-refractivity contribution in [3.63, 3.8) is 0 Å². The number of carbonyl (C=O) groups excluding carboxylic acids is 2. The Hall–Kier alpha value is -2.83. The Labute approximate surface area is 121 Å². The SMILES string of the molecule is Cc1cc(NC(=O)[C@@H](C)NC(=O)Oc2ccccc2)no1. The van der Waals surface area contributed by atoms with Gasteiger partial charge in [0.05, 0.1) is 0 Å². The summed E-state index contributed by atoms with van der Waals surface area (Å²) < 4.78 is 9.85. The van der Waals surface area contributed by atoms with E-state index in [1.165, 1.54) is 6.92 Å². The molecule has 1 heterocycles. The van der Waals surface area contributed by atoms with E-state index in [1.54, 1.807) is 43.3 Å². The van der Waals surface area contributed by atoms with Gasteiger partial charge in [0.2, 0.25) is 5.91 Å². The third-order valence-electron chi connectivity index (χ3n) is 2.56. The smallest absolute Gasteiger partial charge is 0.410 e. The monoisotopic (exact) mass is 289 g/mol. The predicted molar refractivity (Wildman–Crippen MR) is 74.9 cm³/mol. The molecule has 1 atom stereocenters. The molecule has 0 aliphatic heterocycles. The minimum absolute atomic E-state index is 0.294. The van der Waals surface area contributed by atoms with E-state index in [2.05, 4.69) is 15.8 Å². The van der Waals surface area contributed by atoms with Gasteiger partial charge in [-0.15, -0.1) is 0 Å². The van der Waals surface area contributed by atoms with Gasteiger partial charge in [0.15, 0.2) is 5.82 Å². The van der Waals surface area contributed by atoms with Crippen LogP contribution in [0.3, 0.4) is 0 Å². The normalized spacial score (nSPS) is 11.5. The van der Waals surface area contributed by atoms with Crippen LogP contribution in [0.2, 0.25) is 0 Å². The van der Waals surface area contributed by atoms with Crippen molar-refractivity contribution < 1.29 is 18.8 Å². The maximum atomic E-state index is 11.8. The Morgan fingerprint density at radius 1 is 1.29 bits per heavy atom. The zero-order chi connectivity index (χ0) is 15.2. The van der Waals surface area contributed by atoms with Crippen molar-refractivity contribution in [1.29, 1.82) is 0 Å². The van der Waals surface area contributed by atoms with Gasteiger partial charge in [-0.25, -0.2) is 4.79 Å². The topological polar surface area (TPSA) is 93.5 Å². The summed E-state index contributed by atoms with van der Waals surface area (Å²) in [7, 11) is 0. The highest BCUT2D eigenvalue weighted by atomic mass is 16.6. The van der Waals surface area contributed by atoms with Gasteiger partial charge in [-0.05, 0) is 26.0 Å². The van der Waals surface area contributed by atoms with Crippen LogP contribution in [0.4, 0.5) is 10.6 Å². The number of benzene rings is 1. The van der Waals surface area contributed by atoms with Crippen LogP contribution in [-0.4, -0.2) is 23.2 Å². The number of hydrogen-bond acceptors (Lipinski definition) is 5. The van der Waals surface area contributed by atoms with Gasteiger partial charge in [-0.1, -0.05) is 23.4 Å². The van der Waals surface area contributed by atoms with Crippen molar-refractivity contribution in [2.45, 2.75) is 19.9 Å². The molecule has 1 aromatic heterocycles. The van der Waals surface area contributed by atoms with E-state index >= 15 is 0 Å². The highest BCUT2D eigenvalue weighted by molar-refractivity contribution is 5.95. The Bertz CT molecular complexity index is 624. The molecule has 7 nitrogen and oxygen atoms in total. The van der Waals surface area contributed by atoms with E-state index in [0.717, 1.165) is 0 Å². The summed E-state index contributed by atoms with van der Waals surface area (Å²) in [5.41, 5.74) is 0. The molecule has 0 spiro atoms. The number of aryl methyl sites for hydroxylation is 1. The minimum Gasteiger partial charge on any atom is -0.410 e. The molecule has 2 N–H and O–H groups in total. The van der Waals surface area contributed by atoms with Crippen LogP contribution in [0.5, 0.6) is 5.75 Å². The first-order valence-corrected chi connectivity index (χ1v) is 6.32. The summed E-state index contributed by atoms with van der Waals surface area (Å²) in [5, 5.41) is 8.58. The van der Waals surface area contributed by atoms with Crippen LogP contribution in [0, 0.1) is 6.92 Å². The molecule has 21 heavy (non-hydrogen) atoms. The molecule has 0 bridgehead atoms. The molecule has 0 saturated heterocycles. The lowest BCUT2D eigenvalue weighted by molar-refractivity contribution is -0.117. The van der Waals surface area contributed by atoms with Crippen molar-refractivity contribution in [2.75, 3.05) is 5.32 Å². The second-order valence-corrected chi connectivity index (χ2v) is 4.38. The summed E-state index contributed by atoms with van der Waals surface area (Å²) in [6.07, 6.45) is -0.708. The molecule has 0 saturated carbocycles. The van der Waals surface area contributed by atoms with Gasteiger partial charge in [0, 0.05) is 6.07 Å². The molecule has 0 radical (unpaired) electrons. The average molecular weight is 289 g/mol. The largest absolute Gasteiger partial charge is 0.413 e. The first kappa shape index (κ1) is 14.6. The van der Waals surface area contributed by atoms with Gasteiger partial charge in [-0.2, -0.15) is 0 Å². The predicted octanol–water partition coefficient (Wildman–Crippen LogP) is 2.10. The summed E-state index contributed by atoms with van der Waals surface area (Å²) in [6.45, 7) is 3.25. The van der Waals surface area contributed by atoms with Crippen LogP contribution in [0.15, 0.2) is 40.9 Å². The second kappa shape index (κ2) is 6.56. The summed E-state index contributed by atoms with van der Waals surface area (Å²) in [6, 6.07) is 9.37. The van der Waals surface area contributed by atoms with Gasteiger partial charge in [-0.3, -0.25) is 4.79 Å². The standard InChI is InChI=1S/C14H15N3O4/c1-9-8-12(17-21-9)16-13(18)10(2)15-14(19)20-11-6-4-3-5-7-11/h3-8,10H,1-2H3,(H,15,19)(H,16,17,18)/t10-/m1/s1. The lowest BCUT2D eigenvalue weighted by atomic mass is 10.3. The first-order chi connectivity index (χ1) is 10.0. The molecule has 2 aromatic rings. The number of carbonyl (C=O) groups is 2. The van der Waals surface area contributed by atoms with E-state index in [9.17, 15) is 9.59 Å². The number of aromatic nitrogens is 1. The highest BCUT2D eigenvalue weighted by Gasteiger charge is 2.18. The minimum atomic E-state index is -0.779. The number of hydrogen-bond donors (Lipinski definition) is 2.